The second kappa shape index (κ2) is 10.3. The smallest absolute Gasteiger partial charge is 1.00 e. The maximum atomic E-state index is 4.94. The van der Waals surface area contributed by atoms with Gasteiger partial charge < -0.3 is 4.70 Å². The summed E-state index contributed by atoms with van der Waals surface area (Å²) in [5.74, 6) is 0. The van der Waals surface area contributed by atoms with Gasteiger partial charge in [0.15, 0.2) is 0 Å². The Morgan fingerprint density at radius 3 is 1.00 bits per heavy atom. The van der Waals surface area contributed by atoms with Gasteiger partial charge in [0.05, 0.1) is 0 Å². The van der Waals surface area contributed by atoms with Crippen LogP contribution in [0.15, 0.2) is 0 Å². The van der Waals surface area contributed by atoms with E-state index in [9.17, 15) is 0 Å². The van der Waals surface area contributed by atoms with Gasteiger partial charge in [-0.2, -0.15) is 0 Å². The van der Waals surface area contributed by atoms with Crippen molar-refractivity contribution in [2.45, 2.75) is 0 Å². The summed E-state index contributed by atoms with van der Waals surface area (Å²) in [6.45, 7) is 0. The summed E-state index contributed by atoms with van der Waals surface area (Å²) in [7, 11) is 14.8. The fourth-order valence-electron chi connectivity index (χ4n) is 0. The number of rotatable bonds is 0. The number of hydrogen-bond donors (Lipinski definition) is 0. The molecule has 0 aromatic rings. The van der Waals surface area contributed by atoms with E-state index in [2.05, 4.69) is 0 Å². The average Bonchev–Trinajstić information content (AvgIpc) is 0.811. The minimum atomic E-state index is -1.72. The molecule has 0 unspecified atom stereocenters. The van der Waals surface area contributed by atoms with Crippen LogP contribution in [-0.2, 0) is 0 Å². The van der Waals surface area contributed by atoms with Crippen molar-refractivity contribution in [3.63, 3.8) is 0 Å². The molecule has 0 aliphatic carbocycles. The first-order chi connectivity index (χ1) is 1.73. The third-order valence-electron chi connectivity index (χ3n) is 0. The van der Waals surface area contributed by atoms with Crippen LogP contribution in [0.4, 0.5) is 0 Å². The minimum Gasteiger partial charge on any atom is -1.00 e. The fraction of sp³-hybridized carbons (Fsp3) is 0. The Morgan fingerprint density at radius 2 is 1.00 bits per heavy atom. The van der Waals surface area contributed by atoms with Crippen molar-refractivity contribution in [3.05, 3.63) is 0 Å². The predicted octanol–water partition coefficient (Wildman–Crippen LogP) is -4.30. The van der Waals surface area contributed by atoms with Crippen molar-refractivity contribution in [2.75, 3.05) is 0 Å². The molecule has 0 saturated carbocycles. The Kier molecular flexibility index (Phi) is 27.2. The van der Waals surface area contributed by atoms with Gasteiger partial charge in [-0.05, 0) is 0 Å². The Balaban J connectivity index is -0.0000000450. The van der Waals surface area contributed by atoms with E-state index in [0.717, 1.165) is 0 Å². The normalized spacial score (nSPS) is 4.50. The molecule has 0 aliphatic rings. The van der Waals surface area contributed by atoms with E-state index in [1.807, 2.05) is 0 Å². The topological polar surface area (TPSA) is 0 Å². The van der Waals surface area contributed by atoms with Crippen molar-refractivity contribution >= 4 is 41.5 Å². The van der Waals surface area contributed by atoms with E-state index in [0.29, 0.717) is 0 Å². The second-order valence-electron chi connectivity index (χ2n) is 0.247. The third kappa shape index (κ3) is 33.1. The zero-order valence-corrected chi connectivity index (χ0v) is 8.51. The molecular weight excluding hydrogens is 175 g/mol. The molecule has 0 heterocycles. The molecule has 0 aliphatic heterocycles. The van der Waals surface area contributed by atoms with Crippen LogP contribution in [0.3, 0.4) is 0 Å². The molecule has 0 aromatic carbocycles. The summed E-state index contributed by atoms with van der Waals surface area (Å²) in [5, 5.41) is 0. The molecule has 0 amide bonds. The van der Waals surface area contributed by atoms with Crippen molar-refractivity contribution in [1.29, 1.82) is 0 Å². The van der Waals surface area contributed by atoms with Crippen LogP contribution in [0.25, 0.3) is 0 Å². The molecule has 0 bridgehead atoms. The van der Waals surface area contributed by atoms with Gasteiger partial charge in [-0.1, -0.05) is 0 Å². The van der Waals surface area contributed by atoms with Crippen molar-refractivity contribution in [3.8, 4) is 0 Å². The molecule has 0 radical (unpaired) electrons. The summed E-state index contributed by atoms with van der Waals surface area (Å²) >= 11 is -1.72. The molecule has 0 fully saturated rings. The molecular formula is AlCl3FNa. The van der Waals surface area contributed by atoms with E-state index < -0.39 is 11.4 Å². The van der Waals surface area contributed by atoms with E-state index in [1.54, 1.807) is 0 Å². The van der Waals surface area contributed by atoms with Crippen LogP contribution in [0, 0.1) is 0 Å². The summed E-state index contributed by atoms with van der Waals surface area (Å²) in [4.78, 5) is 0. The molecule has 0 nitrogen and oxygen atoms in total. The zero-order chi connectivity index (χ0) is 3.58. The van der Waals surface area contributed by atoms with Gasteiger partial charge >= 0.3 is 40.9 Å². The van der Waals surface area contributed by atoms with Crippen LogP contribution in [0.2, 0.25) is 0 Å². The Morgan fingerprint density at radius 1 is 1.00 bits per heavy atom. The largest absolute Gasteiger partial charge is 1.00 e. The molecule has 0 saturated heterocycles. The van der Waals surface area contributed by atoms with Crippen molar-refractivity contribution in [1.82, 2.24) is 0 Å². The van der Waals surface area contributed by atoms with Gasteiger partial charge in [0.25, 0.3) is 0 Å². The first kappa shape index (κ1) is 15.8. The first-order valence-electron chi connectivity index (χ1n) is 0.655. The Labute approximate surface area is 74.8 Å². The summed E-state index contributed by atoms with van der Waals surface area (Å²) in [6, 6.07) is 0. The van der Waals surface area contributed by atoms with Gasteiger partial charge in [-0.3, -0.25) is 0 Å². The fourth-order valence-corrected chi connectivity index (χ4v) is 0. The van der Waals surface area contributed by atoms with Crippen LogP contribution in [0.5, 0.6) is 0 Å². The van der Waals surface area contributed by atoms with Crippen molar-refractivity contribution in [2.24, 2.45) is 0 Å². The second-order valence-corrected chi connectivity index (χ2v) is 6.68. The number of hydrogen-bond acceptors (Lipinski definition) is 0. The SMILES string of the molecule is [Cl][Al]([Cl])[Cl].[F-].[Na+]. The van der Waals surface area contributed by atoms with Gasteiger partial charge in [-0.25, -0.2) is 30.1 Å². The molecule has 0 rings (SSSR count). The summed E-state index contributed by atoms with van der Waals surface area (Å²) < 4.78 is 0. The third-order valence-corrected chi connectivity index (χ3v) is 0. The van der Waals surface area contributed by atoms with E-state index in [1.165, 1.54) is 0 Å². The quantitative estimate of drug-likeness (QED) is 0.327. The maximum Gasteiger partial charge on any atom is 1.00 e. The van der Waals surface area contributed by atoms with E-state index in [-0.39, 0.29) is 34.3 Å². The maximum absolute atomic E-state index is 4.94. The van der Waals surface area contributed by atoms with Gasteiger partial charge in [0.1, 0.15) is 0 Å². The standard InChI is InChI=1S/Al.3ClH.FH.Na/h;4*1H;/q+3;;;;;+1/p-4. The average molecular weight is 175 g/mol. The Bertz CT molecular complexity index is 15.5. The van der Waals surface area contributed by atoms with Crippen LogP contribution in [-0.4, -0.2) is 11.4 Å². The van der Waals surface area contributed by atoms with Crippen LogP contribution >= 0.6 is 30.1 Å². The molecule has 6 heteroatoms. The van der Waals surface area contributed by atoms with Crippen LogP contribution in [0.1, 0.15) is 0 Å². The van der Waals surface area contributed by atoms with E-state index >= 15 is 0 Å². The van der Waals surface area contributed by atoms with Crippen molar-refractivity contribution < 1.29 is 34.3 Å². The zero-order valence-electron chi connectivity index (χ0n) is 3.09. The predicted molar refractivity (Wildman–Crippen MR) is 23.3 cm³/mol. The van der Waals surface area contributed by atoms with Gasteiger partial charge in [0.2, 0.25) is 0 Å². The molecule has 6 heavy (non-hydrogen) atoms. The van der Waals surface area contributed by atoms with Gasteiger partial charge in [0, 0.05) is 0 Å². The molecule has 0 atom stereocenters. The molecule has 0 aromatic heterocycles. The number of halogens is 4. The van der Waals surface area contributed by atoms with Crippen LogP contribution < -0.4 is 34.3 Å². The summed E-state index contributed by atoms with van der Waals surface area (Å²) in [5.41, 5.74) is 0. The molecule has 0 N–H and O–H groups in total. The molecule has 32 valence electrons. The first-order valence-corrected chi connectivity index (χ1v) is 5.89. The minimum absolute atomic E-state index is 0. The van der Waals surface area contributed by atoms with E-state index in [4.69, 9.17) is 30.1 Å². The van der Waals surface area contributed by atoms with Gasteiger partial charge in [-0.15, -0.1) is 0 Å². The Hall–Kier alpha value is 2.33. The summed E-state index contributed by atoms with van der Waals surface area (Å²) in [6.07, 6.45) is 0. The monoisotopic (exact) mass is 174 g/mol. The molecule has 0 spiro atoms.